The number of aromatic nitrogens is 4. The lowest BCUT2D eigenvalue weighted by atomic mass is 10.00. The fraction of sp³-hybridized carbons (Fsp3) is 0. The molecule has 4 heterocycles. The molecule has 10 aromatic carbocycles. The Balaban J connectivity index is 0.943. The number of rotatable bonds is 5. The quantitative estimate of drug-likeness (QED) is 0.173. The maximum atomic E-state index is 6.34. The molecule has 0 spiro atoms. The van der Waals surface area contributed by atoms with E-state index in [9.17, 15) is 0 Å². The van der Waals surface area contributed by atoms with Crippen LogP contribution >= 0.6 is 11.3 Å². The standard InChI is InChI=1S/C59H34N4OS/c1-2-11-35(12-3-1)37-21-22-39-32-40(24-23-38(39)31-37)57-60-58(41-26-28-46-45-16-7-9-20-52(45)64-53(46)33-41)62-59(61-57)42-27-29-47-49-17-10-19-51(56(49)65-54(47)34-42)63-50-18-8-6-15-44(50)48-30-25-36-13-4-5-14-43(36)55(48)63/h1-34H. The molecule has 0 bridgehead atoms. The molecule has 302 valence electrons. The molecule has 5 nitrogen and oxygen atoms in total. The molecule has 0 aliphatic heterocycles. The third kappa shape index (κ3) is 5.67. The van der Waals surface area contributed by atoms with Crippen LogP contribution in [0.15, 0.2) is 211 Å². The van der Waals surface area contributed by atoms with Crippen LogP contribution in [0.25, 0.3) is 136 Å². The van der Waals surface area contributed by atoms with Crippen LogP contribution in [-0.2, 0) is 0 Å². The highest BCUT2D eigenvalue weighted by Gasteiger charge is 2.20. The molecule has 6 heteroatoms. The zero-order valence-electron chi connectivity index (χ0n) is 34.7. The van der Waals surface area contributed by atoms with Crippen molar-refractivity contribution >= 4 is 96.8 Å². The van der Waals surface area contributed by atoms with E-state index in [0.717, 1.165) is 49.4 Å². The van der Waals surface area contributed by atoms with Gasteiger partial charge in [0.25, 0.3) is 0 Å². The topological polar surface area (TPSA) is 56.7 Å². The van der Waals surface area contributed by atoms with Gasteiger partial charge in [0.1, 0.15) is 11.2 Å². The number of nitrogens with zero attached hydrogens (tertiary/aromatic N) is 4. The maximum Gasteiger partial charge on any atom is 0.164 e. The second-order valence-corrected chi connectivity index (χ2v) is 17.8. The van der Waals surface area contributed by atoms with Crippen molar-refractivity contribution in [1.82, 2.24) is 19.5 Å². The summed E-state index contributed by atoms with van der Waals surface area (Å²) < 4.78 is 11.2. The van der Waals surface area contributed by atoms with E-state index < -0.39 is 0 Å². The zero-order valence-corrected chi connectivity index (χ0v) is 35.6. The van der Waals surface area contributed by atoms with Gasteiger partial charge in [-0.2, -0.15) is 0 Å². The largest absolute Gasteiger partial charge is 0.456 e. The minimum absolute atomic E-state index is 0.587. The van der Waals surface area contributed by atoms with Crippen LogP contribution in [0.5, 0.6) is 0 Å². The SMILES string of the molecule is c1ccc(-c2ccc3cc(-c4nc(-c5ccc6c(c5)oc5ccccc56)nc(-c5ccc6c(c5)sc5c(-n7c8ccccc8c8ccc9ccccc9c87)cccc56)n4)ccc3c2)cc1. The smallest absolute Gasteiger partial charge is 0.164 e. The molecule has 0 saturated heterocycles. The molecule has 0 aliphatic rings. The Kier molecular flexibility index (Phi) is 7.79. The van der Waals surface area contributed by atoms with Crippen molar-refractivity contribution in [3.8, 4) is 51.0 Å². The molecule has 0 fully saturated rings. The molecule has 0 saturated carbocycles. The molecule has 0 unspecified atom stereocenters. The zero-order chi connectivity index (χ0) is 42.6. The number of furan rings is 1. The lowest BCUT2D eigenvalue weighted by Crippen LogP contribution is -2.00. The van der Waals surface area contributed by atoms with Gasteiger partial charge in [0.2, 0.25) is 0 Å². The predicted octanol–water partition coefficient (Wildman–Crippen LogP) is 16.2. The van der Waals surface area contributed by atoms with E-state index in [0.29, 0.717) is 17.5 Å². The van der Waals surface area contributed by atoms with Crippen LogP contribution in [0.2, 0.25) is 0 Å². The first kappa shape index (κ1) is 36.1. The van der Waals surface area contributed by atoms with Crippen LogP contribution in [0.1, 0.15) is 0 Å². The van der Waals surface area contributed by atoms with E-state index in [1.807, 2.05) is 29.5 Å². The molecule has 14 aromatic rings. The molecule has 65 heavy (non-hydrogen) atoms. The van der Waals surface area contributed by atoms with Crippen molar-refractivity contribution < 1.29 is 4.42 Å². The lowest BCUT2D eigenvalue weighted by Gasteiger charge is -2.11. The van der Waals surface area contributed by atoms with Crippen molar-refractivity contribution in [1.29, 1.82) is 0 Å². The van der Waals surface area contributed by atoms with Crippen molar-refractivity contribution in [2.45, 2.75) is 0 Å². The molecule has 0 aliphatic carbocycles. The summed E-state index contributed by atoms with van der Waals surface area (Å²) in [6.07, 6.45) is 0. The maximum absolute atomic E-state index is 6.34. The summed E-state index contributed by atoms with van der Waals surface area (Å²) in [6, 6.07) is 73.3. The highest BCUT2D eigenvalue weighted by atomic mass is 32.1. The molecular formula is C59H34N4OS. The minimum Gasteiger partial charge on any atom is -0.456 e. The molecule has 0 amide bonds. The number of fused-ring (bicyclic) bond motifs is 12. The Labute approximate surface area is 376 Å². The second kappa shape index (κ2) is 14.0. The van der Waals surface area contributed by atoms with Crippen molar-refractivity contribution in [3.05, 3.63) is 206 Å². The van der Waals surface area contributed by atoms with Gasteiger partial charge in [-0.15, -0.1) is 11.3 Å². The van der Waals surface area contributed by atoms with Crippen LogP contribution in [-0.4, -0.2) is 19.5 Å². The van der Waals surface area contributed by atoms with Crippen molar-refractivity contribution in [2.75, 3.05) is 0 Å². The van der Waals surface area contributed by atoms with Gasteiger partial charge >= 0.3 is 0 Å². The summed E-state index contributed by atoms with van der Waals surface area (Å²) >= 11 is 1.82. The normalized spacial score (nSPS) is 12.0. The summed E-state index contributed by atoms with van der Waals surface area (Å²) in [5.41, 5.74) is 10.3. The van der Waals surface area contributed by atoms with Gasteiger partial charge in [0, 0.05) is 59.1 Å². The Bertz CT molecular complexity index is 4260. The van der Waals surface area contributed by atoms with Crippen LogP contribution in [0, 0.1) is 0 Å². The van der Waals surface area contributed by atoms with Gasteiger partial charge < -0.3 is 8.98 Å². The Morgan fingerprint density at radius 1 is 0.354 bits per heavy atom. The average molecular weight is 847 g/mol. The van der Waals surface area contributed by atoms with E-state index in [2.05, 4.69) is 193 Å². The summed E-state index contributed by atoms with van der Waals surface area (Å²) in [5.74, 6) is 1.81. The summed E-state index contributed by atoms with van der Waals surface area (Å²) in [6.45, 7) is 0. The first-order chi connectivity index (χ1) is 32.2. The molecule has 0 atom stereocenters. The second-order valence-electron chi connectivity index (χ2n) is 16.8. The van der Waals surface area contributed by atoms with E-state index >= 15 is 0 Å². The van der Waals surface area contributed by atoms with Gasteiger partial charge in [-0.3, -0.25) is 0 Å². The fourth-order valence-electron chi connectivity index (χ4n) is 9.90. The van der Waals surface area contributed by atoms with Crippen LogP contribution < -0.4 is 0 Å². The first-order valence-corrected chi connectivity index (χ1v) is 22.6. The van der Waals surface area contributed by atoms with E-state index in [4.69, 9.17) is 19.4 Å². The van der Waals surface area contributed by atoms with Crippen LogP contribution in [0.3, 0.4) is 0 Å². The molecule has 14 rings (SSSR count). The Morgan fingerprint density at radius 3 is 1.77 bits per heavy atom. The number of benzene rings is 10. The number of para-hydroxylation sites is 2. The number of thiophene rings is 1. The third-order valence-electron chi connectivity index (χ3n) is 13.0. The van der Waals surface area contributed by atoms with Gasteiger partial charge in [-0.25, -0.2) is 15.0 Å². The summed E-state index contributed by atoms with van der Waals surface area (Å²) in [4.78, 5) is 15.6. The van der Waals surface area contributed by atoms with E-state index in [1.165, 1.54) is 69.6 Å². The molecule has 0 N–H and O–H groups in total. The molecule has 4 aromatic heterocycles. The van der Waals surface area contributed by atoms with Gasteiger partial charge in [0.05, 0.1) is 21.4 Å². The highest BCUT2D eigenvalue weighted by Crippen LogP contribution is 2.44. The first-order valence-electron chi connectivity index (χ1n) is 21.8. The van der Waals surface area contributed by atoms with Gasteiger partial charge in [-0.05, 0) is 75.8 Å². The van der Waals surface area contributed by atoms with Crippen molar-refractivity contribution in [2.24, 2.45) is 0 Å². The van der Waals surface area contributed by atoms with Crippen LogP contribution in [0.4, 0.5) is 0 Å². The van der Waals surface area contributed by atoms with Gasteiger partial charge in [0.15, 0.2) is 17.5 Å². The van der Waals surface area contributed by atoms with E-state index in [1.54, 1.807) is 0 Å². The molecular weight excluding hydrogens is 813 g/mol. The Hall–Kier alpha value is -8.45. The number of hydrogen-bond donors (Lipinski definition) is 0. The summed E-state index contributed by atoms with van der Waals surface area (Å²) in [5, 5.41) is 11.8. The Morgan fingerprint density at radius 2 is 0.938 bits per heavy atom. The van der Waals surface area contributed by atoms with Gasteiger partial charge in [-0.1, -0.05) is 158 Å². The number of hydrogen-bond acceptors (Lipinski definition) is 5. The lowest BCUT2D eigenvalue weighted by molar-refractivity contribution is 0.669. The van der Waals surface area contributed by atoms with E-state index in [-0.39, 0.29) is 0 Å². The fourth-order valence-corrected chi connectivity index (χ4v) is 11.1. The third-order valence-corrected chi connectivity index (χ3v) is 14.2. The molecule has 0 radical (unpaired) electrons. The minimum atomic E-state index is 0.587. The monoisotopic (exact) mass is 846 g/mol. The average Bonchev–Trinajstić information content (AvgIpc) is 4.05. The highest BCUT2D eigenvalue weighted by molar-refractivity contribution is 7.26. The summed E-state index contributed by atoms with van der Waals surface area (Å²) in [7, 11) is 0. The predicted molar refractivity (Wildman–Crippen MR) is 271 cm³/mol. The van der Waals surface area contributed by atoms with Crippen molar-refractivity contribution in [3.63, 3.8) is 0 Å².